The van der Waals surface area contributed by atoms with E-state index in [-0.39, 0.29) is 17.0 Å². The van der Waals surface area contributed by atoms with Gasteiger partial charge in [0.25, 0.3) is 5.91 Å². The Morgan fingerprint density at radius 3 is 2.57 bits per heavy atom. The van der Waals surface area contributed by atoms with E-state index in [0.717, 1.165) is 19.1 Å². The van der Waals surface area contributed by atoms with Gasteiger partial charge >= 0.3 is 11.7 Å². The summed E-state index contributed by atoms with van der Waals surface area (Å²) in [5.74, 6) is -2.27. The molecule has 1 atom stereocenters. The Hall–Kier alpha value is -2.68. The third-order valence-electron chi connectivity index (χ3n) is 2.69. The monoisotopic (exact) mass is 298 g/mol. The average molecular weight is 298 g/mol. The summed E-state index contributed by atoms with van der Waals surface area (Å²) >= 11 is 0. The lowest BCUT2D eigenvalue weighted by molar-refractivity contribution is -0.385. The first-order valence-corrected chi connectivity index (χ1v) is 5.75. The molecule has 0 aliphatic heterocycles. The Balaban J connectivity index is 2.89. The standard InChI is InChI=1S/C12H14N2O7/c1-12(18,11(16)17)6-13-10(15)7-3-4-8(14(19)20)9(5-7)21-2/h3-5,18H,6H2,1-2H3,(H,13,15)(H,16,17). The van der Waals surface area contributed by atoms with Crippen molar-refractivity contribution in [2.75, 3.05) is 13.7 Å². The summed E-state index contributed by atoms with van der Waals surface area (Å²) in [6.45, 7) is 0.520. The number of carbonyl (C=O) groups excluding carboxylic acids is 1. The van der Waals surface area contributed by atoms with Crippen LogP contribution in [0, 0.1) is 10.1 Å². The average Bonchev–Trinajstić information content (AvgIpc) is 2.43. The quantitative estimate of drug-likeness (QED) is 0.502. The number of aliphatic hydroxyl groups is 1. The third-order valence-corrected chi connectivity index (χ3v) is 2.69. The first kappa shape index (κ1) is 16.4. The van der Waals surface area contributed by atoms with Crippen LogP contribution in [-0.2, 0) is 4.79 Å². The molecule has 0 aliphatic carbocycles. The zero-order valence-electron chi connectivity index (χ0n) is 11.3. The highest BCUT2D eigenvalue weighted by Gasteiger charge is 2.30. The van der Waals surface area contributed by atoms with Crippen LogP contribution in [-0.4, -0.2) is 46.3 Å². The summed E-state index contributed by atoms with van der Waals surface area (Å²) in [6, 6.07) is 3.46. The van der Waals surface area contributed by atoms with Gasteiger partial charge < -0.3 is 20.3 Å². The second-order valence-corrected chi connectivity index (χ2v) is 4.41. The van der Waals surface area contributed by atoms with Gasteiger partial charge in [0.1, 0.15) is 0 Å². The molecule has 1 aromatic rings. The molecule has 9 nitrogen and oxygen atoms in total. The maximum atomic E-state index is 11.8. The van der Waals surface area contributed by atoms with Gasteiger partial charge in [-0.15, -0.1) is 0 Å². The van der Waals surface area contributed by atoms with E-state index in [0.29, 0.717) is 0 Å². The number of aliphatic carboxylic acids is 1. The first-order valence-electron chi connectivity index (χ1n) is 5.75. The lowest BCUT2D eigenvalue weighted by Crippen LogP contribution is -2.46. The van der Waals surface area contributed by atoms with Crippen molar-refractivity contribution in [3.63, 3.8) is 0 Å². The van der Waals surface area contributed by atoms with Crippen LogP contribution in [0.4, 0.5) is 5.69 Å². The SMILES string of the molecule is COc1cc(C(=O)NCC(C)(O)C(=O)O)ccc1[N+](=O)[O-]. The molecule has 0 saturated heterocycles. The van der Waals surface area contributed by atoms with Crippen molar-refractivity contribution in [3.05, 3.63) is 33.9 Å². The van der Waals surface area contributed by atoms with E-state index in [1.807, 2.05) is 0 Å². The number of carboxylic acids is 1. The number of hydrogen-bond acceptors (Lipinski definition) is 6. The number of amides is 1. The van der Waals surface area contributed by atoms with Crippen molar-refractivity contribution in [1.82, 2.24) is 5.32 Å². The molecule has 1 unspecified atom stereocenters. The molecule has 1 rings (SSSR count). The molecule has 0 fully saturated rings. The highest BCUT2D eigenvalue weighted by atomic mass is 16.6. The predicted octanol–water partition coefficient (Wildman–Crippen LogP) is 0.169. The van der Waals surface area contributed by atoms with Crippen molar-refractivity contribution < 1.29 is 29.5 Å². The van der Waals surface area contributed by atoms with Crippen LogP contribution in [0.5, 0.6) is 5.75 Å². The fourth-order valence-electron chi connectivity index (χ4n) is 1.40. The van der Waals surface area contributed by atoms with E-state index < -0.39 is 28.9 Å². The van der Waals surface area contributed by atoms with Crippen LogP contribution in [0.2, 0.25) is 0 Å². The Morgan fingerprint density at radius 1 is 1.48 bits per heavy atom. The summed E-state index contributed by atoms with van der Waals surface area (Å²) in [6.07, 6.45) is 0. The molecule has 0 saturated carbocycles. The maximum Gasteiger partial charge on any atom is 0.337 e. The predicted molar refractivity (Wildman–Crippen MR) is 70.2 cm³/mol. The van der Waals surface area contributed by atoms with Crippen molar-refractivity contribution >= 4 is 17.6 Å². The van der Waals surface area contributed by atoms with E-state index in [1.165, 1.54) is 13.2 Å². The number of nitro groups is 1. The van der Waals surface area contributed by atoms with Gasteiger partial charge in [-0.05, 0) is 13.0 Å². The number of rotatable bonds is 6. The molecule has 0 spiro atoms. The fraction of sp³-hybridized carbons (Fsp3) is 0.333. The molecule has 0 aliphatic rings. The summed E-state index contributed by atoms with van der Waals surface area (Å²) in [7, 11) is 1.22. The van der Waals surface area contributed by atoms with Gasteiger partial charge in [-0.2, -0.15) is 0 Å². The Morgan fingerprint density at radius 2 is 2.10 bits per heavy atom. The molecule has 114 valence electrons. The van der Waals surface area contributed by atoms with Crippen molar-refractivity contribution in [2.24, 2.45) is 0 Å². The molecule has 0 radical (unpaired) electrons. The highest BCUT2D eigenvalue weighted by Crippen LogP contribution is 2.27. The minimum atomic E-state index is -2.11. The number of ether oxygens (including phenoxy) is 1. The third kappa shape index (κ3) is 3.89. The number of nitro benzene ring substituents is 1. The van der Waals surface area contributed by atoms with Gasteiger partial charge in [0.15, 0.2) is 11.4 Å². The Bertz CT molecular complexity index is 583. The largest absolute Gasteiger partial charge is 0.490 e. The van der Waals surface area contributed by atoms with Gasteiger partial charge in [-0.25, -0.2) is 4.79 Å². The van der Waals surface area contributed by atoms with Gasteiger partial charge in [0.2, 0.25) is 0 Å². The summed E-state index contributed by atoms with van der Waals surface area (Å²) in [4.78, 5) is 32.6. The number of nitrogens with zero attached hydrogens (tertiary/aromatic N) is 1. The second kappa shape index (κ2) is 6.18. The number of benzene rings is 1. The van der Waals surface area contributed by atoms with Gasteiger partial charge in [-0.3, -0.25) is 14.9 Å². The van der Waals surface area contributed by atoms with E-state index >= 15 is 0 Å². The number of nitrogens with one attached hydrogen (secondary N) is 1. The van der Waals surface area contributed by atoms with Crippen molar-refractivity contribution in [1.29, 1.82) is 0 Å². The highest BCUT2D eigenvalue weighted by molar-refractivity contribution is 5.95. The van der Waals surface area contributed by atoms with Crippen molar-refractivity contribution in [2.45, 2.75) is 12.5 Å². The van der Waals surface area contributed by atoms with Crippen LogP contribution in [0.3, 0.4) is 0 Å². The number of carboxylic acid groups (broad SMARTS) is 1. The molecule has 1 aromatic carbocycles. The van der Waals surface area contributed by atoms with Gasteiger partial charge in [-0.1, -0.05) is 0 Å². The van der Waals surface area contributed by atoms with Crippen LogP contribution in [0.25, 0.3) is 0 Å². The normalized spacial score (nSPS) is 13.1. The fourth-order valence-corrected chi connectivity index (χ4v) is 1.40. The lowest BCUT2D eigenvalue weighted by Gasteiger charge is -2.18. The molecule has 0 aromatic heterocycles. The molecular weight excluding hydrogens is 284 g/mol. The number of hydrogen-bond donors (Lipinski definition) is 3. The van der Waals surface area contributed by atoms with Crippen LogP contribution in [0.15, 0.2) is 18.2 Å². The first-order chi connectivity index (χ1) is 9.69. The molecule has 21 heavy (non-hydrogen) atoms. The van der Waals surface area contributed by atoms with Crippen LogP contribution >= 0.6 is 0 Å². The Labute approximate surface area is 119 Å². The maximum absolute atomic E-state index is 11.8. The minimum absolute atomic E-state index is 0.0404. The molecule has 9 heteroatoms. The summed E-state index contributed by atoms with van der Waals surface area (Å²) in [5, 5.41) is 31.1. The molecule has 0 heterocycles. The summed E-state index contributed by atoms with van der Waals surface area (Å²) < 4.78 is 4.82. The van der Waals surface area contributed by atoms with E-state index in [4.69, 9.17) is 9.84 Å². The molecular formula is C12H14N2O7. The molecule has 3 N–H and O–H groups in total. The molecule has 0 bridgehead atoms. The van der Waals surface area contributed by atoms with Crippen LogP contribution in [0.1, 0.15) is 17.3 Å². The summed E-state index contributed by atoms with van der Waals surface area (Å²) in [5.41, 5.74) is -2.37. The smallest absolute Gasteiger partial charge is 0.337 e. The van der Waals surface area contributed by atoms with Crippen LogP contribution < -0.4 is 10.1 Å². The topological polar surface area (TPSA) is 139 Å². The van der Waals surface area contributed by atoms with E-state index in [1.54, 1.807) is 0 Å². The molecule has 1 amide bonds. The van der Waals surface area contributed by atoms with E-state index in [9.17, 15) is 24.8 Å². The zero-order valence-corrected chi connectivity index (χ0v) is 11.3. The lowest BCUT2D eigenvalue weighted by atomic mass is 10.1. The second-order valence-electron chi connectivity index (χ2n) is 4.41. The van der Waals surface area contributed by atoms with Crippen molar-refractivity contribution in [3.8, 4) is 5.75 Å². The number of methoxy groups -OCH3 is 1. The van der Waals surface area contributed by atoms with Gasteiger partial charge in [0, 0.05) is 17.7 Å². The van der Waals surface area contributed by atoms with E-state index in [2.05, 4.69) is 5.32 Å². The minimum Gasteiger partial charge on any atom is -0.490 e. The zero-order chi connectivity index (χ0) is 16.2. The Kier molecular flexibility index (Phi) is 4.82. The number of carbonyl (C=O) groups is 2. The van der Waals surface area contributed by atoms with Gasteiger partial charge in [0.05, 0.1) is 18.6 Å².